The second-order valence-electron chi connectivity index (χ2n) is 15.7. The summed E-state index contributed by atoms with van der Waals surface area (Å²) in [5.41, 5.74) is 15.4. The molecule has 0 fully saturated rings. The molecule has 0 N–H and O–H groups in total. The van der Waals surface area contributed by atoms with E-state index >= 15 is 0 Å². The molecule has 3 nitrogen and oxygen atoms in total. The number of benzene rings is 10. The molecule has 0 unspecified atom stereocenters. The van der Waals surface area contributed by atoms with E-state index < -0.39 is 0 Å². The van der Waals surface area contributed by atoms with Crippen LogP contribution in [0.4, 0.5) is 17.1 Å². The van der Waals surface area contributed by atoms with Gasteiger partial charge in [-0.05, 0) is 94.2 Å². The van der Waals surface area contributed by atoms with Gasteiger partial charge >= 0.3 is 0 Å². The number of hydrogen-bond donors (Lipinski definition) is 0. The van der Waals surface area contributed by atoms with Crippen LogP contribution in [0.1, 0.15) is 0 Å². The summed E-state index contributed by atoms with van der Waals surface area (Å²) < 4.78 is 8.83. The van der Waals surface area contributed by atoms with E-state index in [0.717, 1.165) is 72.5 Å². The zero-order chi connectivity index (χ0) is 40.3. The molecule has 0 aliphatic heterocycles. The average Bonchev–Trinajstić information content (AvgIpc) is 3.87. The molecular weight excluding hydrogens is 741 g/mol. The van der Waals surface area contributed by atoms with Crippen LogP contribution in [0.15, 0.2) is 235 Å². The minimum Gasteiger partial charge on any atom is -0.456 e. The van der Waals surface area contributed by atoms with Gasteiger partial charge in [0.25, 0.3) is 0 Å². The number of nitrogens with zero attached hydrogens (tertiary/aromatic N) is 2. The van der Waals surface area contributed by atoms with Gasteiger partial charge in [0.05, 0.1) is 28.1 Å². The summed E-state index contributed by atoms with van der Waals surface area (Å²) in [7, 11) is 0. The van der Waals surface area contributed by atoms with Crippen LogP contribution in [-0.4, -0.2) is 4.57 Å². The van der Waals surface area contributed by atoms with Gasteiger partial charge in [-0.25, -0.2) is 0 Å². The monoisotopic (exact) mass is 778 g/mol. The normalized spacial score (nSPS) is 11.6. The van der Waals surface area contributed by atoms with Gasteiger partial charge in [-0.15, -0.1) is 0 Å². The molecule has 10 aromatic carbocycles. The van der Waals surface area contributed by atoms with Crippen LogP contribution < -0.4 is 4.90 Å². The molecule has 286 valence electrons. The largest absolute Gasteiger partial charge is 0.456 e. The van der Waals surface area contributed by atoms with E-state index in [2.05, 4.69) is 228 Å². The van der Waals surface area contributed by atoms with Gasteiger partial charge in [-0.2, -0.15) is 0 Å². The van der Waals surface area contributed by atoms with E-state index in [1.807, 2.05) is 12.1 Å². The van der Waals surface area contributed by atoms with Crippen LogP contribution in [-0.2, 0) is 0 Å². The topological polar surface area (TPSA) is 21.3 Å². The fourth-order valence-corrected chi connectivity index (χ4v) is 9.37. The quantitative estimate of drug-likeness (QED) is 0.161. The third kappa shape index (κ3) is 5.82. The second-order valence-corrected chi connectivity index (χ2v) is 15.7. The summed E-state index contributed by atoms with van der Waals surface area (Å²) in [4.78, 5) is 2.42. The van der Waals surface area contributed by atoms with Crippen molar-refractivity contribution in [3.05, 3.63) is 231 Å². The van der Waals surface area contributed by atoms with Crippen molar-refractivity contribution in [2.24, 2.45) is 0 Å². The van der Waals surface area contributed by atoms with Crippen LogP contribution in [0.3, 0.4) is 0 Å². The smallest absolute Gasteiger partial charge is 0.136 e. The highest BCUT2D eigenvalue weighted by Gasteiger charge is 2.22. The SMILES string of the molecule is c1ccc(N(c2ccc(-c3ccccc3-n3c4ccccc4c4ccccc43)cc2)c2ccccc2-c2ccc3c(c2)oc2ccccc23)c(-c2ccc3ccccc3c2)c1. The lowest BCUT2D eigenvalue weighted by Crippen LogP contribution is -2.12. The minimum atomic E-state index is 0.878. The van der Waals surface area contributed by atoms with Crippen molar-refractivity contribution in [3.63, 3.8) is 0 Å². The molecule has 0 atom stereocenters. The Bertz CT molecular complexity index is 3560. The molecule has 12 aromatic rings. The number of aromatic nitrogens is 1. The second kappa shape index (κ2) is 14.3. The number of fused-ring (bicyclic) bond motifs is 7. The van der Waals surface area contributed by atoms with Crippen molar-refractivity contribution in [2.45, 2.75) is 0 Å². The molecule has 0 amide bonds. The van der Waals surface area contributed by atoms with E-state index in [9.17, 15) is 0 Å². The molecule has 0 aliphatic rings. The molecular formula is C58H38N2O. The molecule has 0 bridgehead atoms. The Labute approximate surface area is 353 Å². The van der Waals surface area contributed by atoms with Crippen LogP contribution in [0.5, 0.6) is 0 Å². The molecule has 2 heterocycles. The average molecular weight is 779 g/mol. The first kappa shape index (κ1) is 34.9. The lowest BCUT2D eigenvalue weighted by atomic mass is 9.96. The van der Waals surface area contributed by atoms with Crippen molar-refractivity contribution in [1.29, 1.82) is 0 Å². The number of anilines is 3. The number of para-hydroxylation sites is 6. The first-order valence-corrected chi connectivity index (χ1v) is 20.8. The Hall–Kier alpha value is -8.14. The Morgan fingerprint density at radius 1 is 0.328 bits per heavy atom. The highest BCUT2D eigenvalue weighted by atomic mass is 16.3. The first-order valence-electron chi connectivity index (χ1n) is 20.8. The summed E-state index contributed by atoms with van der Waals surface area (Å²) >= 11 is 0. The maximum atomic E-state index is 6.42. The summed E-state index contributed by atoms with van der Waals surface area (Å²) in [6.45, 7) is 0. The number of furan rings is 1. The van der Waals surface area contributed by atoms with Gasteiger partial charge in [-0.1, -0.05) is 164 Å². The third-order valence-electron chi connectivity index (χ3n) is 12.2. The summed E-state index contributed by atoms with van der Waals surface area (Å²) in [5.74, 6) is 0. The van der Waals surface area contributed by atoms with Crippen LogP contribution in [0, 0.1) is 0 Å². The van der Waals surface area contributed by atoms with Crippen molar-refractivity contribution < 1.29 is 4.42 Å². The lowest BCUT2D eigenvalue weighted by molar-refractivity contribution is 0.669. The zero-order valence-corrected chi connectivity index (χ0v) is 33.2. The van der Waals surface area contributed by atoms with Gasteiger partial charge in [0.15, 0.2) is 0 Å². The molecule has 0 aliphatic carbocycles. The van der Waals surface area contributed by atoms with Crippen molar-refractivity contribution in [2.75, 3.05) is 4.90 Å². The van der Waals surface area contributed by atoms with E-state index in [-0.39, 0.29) is 0 Å². The maximum Gasteiger partial charge on any atom is 0.136 e. The molecule has 12 rings (SSSR count). The zero-order valence-electron chi connectivity index (χ0n) is 33.2. The van der Waals surface area contributed by atoms with Crippen LogP contribution >= 0.6 is 0 Å². The van der Waals surface area contributed by atoms with E-state index in [1.165, 1.54) is 38.1 Å². The molecule has 0 saturated heterocycles. The summed E-state index contributed by atoms with van der Waals surface area (Å²) in [6.07, 6.45) is 0. The van der Waals surface area contributed by atoms with Crippen LogP contribution in [0.2, 0.25) is 0 Å². The Balaban J connectivity index is 1.04. The predicted octanol–water partition coefficient (Wildman–Crippen LogP) is 16.3. The van der Waals surface area contributed by atoms with Crippen molar-refractivity contribution >= 4 is 71.6 Å². The Morgan fingerprint density at radius 2 is 0.836 bits per heavy atom. The van der Waals surface area contributed by atoms with Gasteiger partial charge in [0, 0.05) is 43.9 Å². The van der Waals surface area contributed by atoms with E-state index in [1.54, 1.807) is 0 Å². The molecule has 3 heteroatoms. The molecule has 0 saturated carbocycles. The highest BCUT2D eigenvalue weighted by Crippen LogP contribution is 2.46. The fraction of sp³-hybridized carbons (Fsp3) is 0. The number of hydrogen-bond acceptors (Lipinski definition) is 2. The standard InChI is InChI=1S/C58H38N2O/c1-2-16-41-37-42(30-29-39(41)15-1)46-18-4-9-23-52(46)59(53-24-10-5-19-47(53)43-33-36-51-50-22-8-14-28-57(50)61-58(51)38-43)44-34-31-40(32-35-44)45-17-3-11-25-54(45)60-55-26-12-6-20-48(55)49-21-7-13-27-56(49)60/h1-38H. The first-order chi connectivity index (χ1) is 30.3. The van der Waals surface area contributed by atoms with Gasteiger partial charge in [0.1, 0.15) is 11.2 Å². The van der Waals surface area contributed by atoms with Gasteiger partial charge in [-0.3, -0.25) is 0 Å². The minimum absolute atomic E-state index is 0.878. The molecule has 0 radical (unpaired) electrons. The summed E-state index contributed by atoms with van der Waals surface area (Å²) in [6, 6.07) is 83.0. The Kier molecular flexibility index (Phi) is 8.17. The van der Waals surface area contributed by atoms with Gasteiger partial charge in [0.2, 0.25) is 0 Å². The van der Waals surface area contributed by atoms with E-state index in [4.69, 9.17) is 4.42 Å². The number of rotatable bonds is 7. The Morgan fingerprint density at radius 3 is 1.56 bits per heavy atom. The summed E-state index contributed by atoms with van der Waals surface area (Å²) in [5, 5.41) is 7.19. The van der Waals surface area contributed by atoms with E-state index in [0.29, 0.717) is 0 Å². The predicted molar refractivity (Wildman–Crippen MR) is 257 cm³/mol. The molecule has 0 spiro atoms. The third-order valence-corrected chi connectivity index (χ3v) is 12.2. The fourth-order valence-electron chi connectivity index (χ4n) is 9.37. The molecule has 61 heavy (non-hydrogen) atoms. The molecule has 2 aromatic heterocycles. The van der Waals surface area contributed by atoms with Crippen molar-refractivity contribution in [1.82, 2.24) is 4.57 Å². The lowest BCUT2D eigenvalue weighted by Gasteiger charge is -2.30. The van der Waals surface area contributed by atoms with Gasteiger partial charge < -0.3 is 13.9 Å². The maximum absolute atomic E-state index is 6.42. The highest BCUT2D eigenvalue weighted by molar-refractivity contribution is 6.10. The van der Waals surface area contributed by atoms with Crippen LogP contribution in [0.25, 0.3) is 93.6 Å². The van der Waals surface area contributed by atoms with Crippen molar-refractivity contribution in [3.8, 4) is 39.1 Å².